The molecule has 0 aliphatic carbocycles. The van der Waals surface area contributed by atoms with Crippen LogP contribution in [0, 0.1) is 9.49 Å². The first-order valence-corrected chi connectivity index (χ1v) is 8.21. The molecule has 2 unspecified atom stereocenters. The van der Waals surface area contributed by atoms with E-state index in [1.807, 2.05) is 24.3 Å². The second-order valence-electron chi connectivity index (χ2n) is 6.49. The predicted molar refractivity (Wildman–Crippen MR) is 90.8 cm³/mol. The third-order valence-electron chi connectivity index (χ3n) is 3.59. The quantitative estimate of drug-likeness (QED) is 0.750. The van der Waals surface area contributed by atoms with E-state index in [0.29, 0.717) is 6.54 Å². The van der Waals surface area contributed by atoms with Crippen LogP contribution in [0.3, 0.4) is 0 Å². The Bertz CT molecular complexity index is 565. The van der Waals surface area contributed by atoms with E-state index in [4.69, 9.17) is 4.74 Å². The van der Waals surface area contributed by atoms with Crippen molar-refractivity contribution >= 4 is 34.7 Å². The summed E-state index contributed by atoms with van der Waals surface area (Å²) in [6.45, 7) is 5.94. The molecule has 0 bridgehead atoms. The third kappa shape index (κ3) is 4.12. The number of carbonyl (C=O) groups is 2. The van der Waals surface area contributed by atoms with Gasteiger partial charge in [0.1, 0.15) is 5.60 Å². The van der Waals surface area contributed by atoms with Crippen LogP contribution in [-0.4, -0.2) is 40.8 Å². The van der Waals surface area contributed by atoms with Crippen LogP contribution in [0.25, 0.3) is 0 Å². The molecule has 2 atom stereocenters. The molecular formula is C16H20INO4. The maximum atomic E-state index is 12.2. The number of carboxylic acid groups (broad SMARTS) is 1. The lowest BCUT2D eigenvalue weighted by Crippen LogP contribution is -2.35. The predicted octanol–water partition coefficient (Wildman–Crippen LogP) is 3.33. The Morgan fingerprint density at radius 3 is 2.32 bits per heavy atom. The molecule has 2 rings (SSSR count). The highest BCUT2D eigenvalue weighted by Gasteiger charge is 2.41. The summed E-state index contributed by atoms with van der Waals surface area (Å²) in [7, 11) is 0. The topological polar surface area (TPSA) is 66.8 Å². The molecule has 1 aromatic carbocycles. The van der Waals surface area contributed by atoms with E-state index in [9.17, 15) is 14.7 Å². The summed E-state index contributed by atoms with van der Waals surface area (Å²) in [5.74, 6) is -1.69. The smallest absolute Gasteiger partial charge is 0.410 e. The van der Waals surface area contributed by atoms with E-state index >= 15 is 0 Å². The Hall–Kier alpha value is -1.31. The van der Waals surface area contributed by atoms with Gasteiger partial charge >= 0.3 is 12.1 Å². The molecule has 1 aliphatic rings. The molecule has 120 valence electrons. The molecule has 1 aromatic rings. The number of nitrogens with zero attached hydrogens (tertiary/aromatic N) is 1. The van der Waals surface area contributed by atoms with E-state index in [1.165, 1.54) is 4.90 Å². The van der Waals surface area contributed by atoms with Crippen molar-refractivity contribution in [1.29, 1.82) is 0 Å². The van der Waals surface area contributed by atoms with Crippen molar-refractivity contribution in [2.45, 2.75) is 32.3 Å². The van der Waals surface area contributed by atoms with Gasteiger partial charge in [0.2, 0.25) is 0 Å². The highest BCUT2D eigenvalue weighted by Crippen LogP contribution is 2.34. The lowest BCUT2D eigenvalue weighted by Gasteiger charge is -2.24. The van der Waals surface area contributed by atoms with Gasteiger partial charge in [-0.2, -0.15) is 0 Å². The standard InChI is InChI=1S/C16H20INO4/c1-16(2,3)22-15(21)18-8-12(13(9-18)14(19)20)10-4-6-11(17)7-5-10/h4-7,12-13H,8-9H2,1-3H3,(H,19,20). The van der Waals surface area contributed by atoms with Gasteiger partial charge in [0.05, 0.1) is 5.92 Å². The molecule has 1 amide bonds. The zero-order valence-electron chi connectivity index (χ0n) is 12.9. The maximum absolute atomic E-state index is 12.2. The lowest BCUT2D eigenvalue weighted by atomic mass is 9.89. The van der Waals surface area contributed by atoms with Crippen molar-refractivity contribution in [2.75, 3.05) is 13.1 Å². The third-order valence-corrected chi connectivity index (χ3v) is 4.31. The van der Waals surface area contributed by atoms with Crippen molar-refractivity contribution in [3.8, 4) is 0 Å². The van der Waals surface area contributed by atoms with Crippen molar-refractivity contribution in [3.63, 3.8) is 0 Å². The summed E-state index contributed by atoms with van der Waals surface area (Å²) in [4.78, 5) is 25.2. The van der Waals surface area contributed by atoms with Crippen LogP contribution in [0.2, 0.25) is 0 Å². The summed E-state index contributed by atoms with van der Waals surface area (Å²) < 4.78 is 6.44. The molecule has 1 aliphatic heterocycles. The van der Waals surface area contributed by atoms with Gasteiger partial charge < -0.3 is 14.7 Å². The second-order valence-corrected chi connectivity index (χ2v) is 7.73. The Kier molecular flexibility index (Phi) is 4.99. The molecule has 1 heterocycles. The molecule has 6 heteroatoms. The van der Waals surface area contributed by atoms with Crippen molar-refractivity contribution in [1.82, 2.24) is 4.90 Å². The van der Waals surface area contributed by atoms with Crippen LogP contribution >= 0.6 is 22.6 Å². The number of likely N-dealkylation sites (tertiary alicyclic amines) is 1. The van der Waals surface area contributed by atoms with Crippen LogP contribution in [0.5, 0.6) is 0 Å². The molecule has 1 saturated heterocycles. The van der Waals surface area contributed by atoms with E-state index < -0.39 is 23.6 Å². The zero-order valence-corrected chi connectivity index (χ0v) is 15.0. The largest absolute Gasteiger partial charge is 0.481 e. The summed E-state index contributed by atoms with van der Waals surface area (Å²) in [5, 5.41) is 9.45. The van der Waals surface area contributed by atoms with Crippen LogP contribution in [0.1, 0.15) is 32.3 Å². The monoisotopic (exact) mass is 417 g/mol. The normalized spacial score (nSPS) is 21.7. The Morgan fingerprint density at radius 1 is 1.23 bits per heavy atom. The number of hydrogen-bond acceptors (Lipinski definition) is 3. The first kappa shape index (κ1) is 17.1. The summed E-state index contributed by atoms with van der Waals surface area (Å²) in [6.07, 6.45) is -0.452. The fourth-order valence-corrected chi connectivity index (χ4v) is 2.94. The first-order chi connectivity index (χ1) is 10.2. The van der Waals surface area contributed by atoms with E-state index in [-0.39, 0.29) is 12.5 Å². The van der Waals surface area contributed by atoms with Gasteiger partial charge in [0.15, 0.2) is 0 Å². The first-order valence-electron chi connectivity index (χ1n) is 7.13. The number of amides is 1. The number of halogens is 1. The fraction of sp³-hybridized carbons (Fsp3) is 0.500. The molecule has 0 spiro atoms. The van der Waals surface area contributed by atoms with Crippen molar-refractivity contribution in [2.24, 2.45) is 5.92 Å². The zero-order chi connectivity index (χ0) is 16.5. The number of carboxylic acids is 1. The van der Waals surface area contributed by atoms with Gasteiger partial charge in [-0.05, 0) is 61.1 Å². The molecule has 5 nitrogen and oxygen atoms in total. The molecule has 0 saturated carbocycles. The lowest BCUT2D eigenvalue weighted by molar-refractivity contribution is -0.141. The molecule has 0 radical (unpaired) electrons. The van der Waals surface area contributed by atoms with Gasteiger partial charge in [0, 0.05) is 22.6 Å². The number of hydrogen-bond donors (Lipinski definition) is 1. The highest BCUT2D eigenvalue weighted by molar-refractivity contribution is 14.1. The average Bonchev–Trinajstić information content (AvgIpc) is 2.83. The van der Waals surface area contributed by atoms with Crippen LogP contribution in [-0.2, 0) is 9.53 Å². The number of carbonyl (C=O) groups excluding carboxylic acids is 1. The Morgan fingerprint density at radius 2 is 1.82 bits per heavy atom. The molecule has 1 fully saturated rings. The summed E-state index contributed by atoms with van der Waals surface area (Å²) >= 11 is 2.21. The van der Waals surface area contributed by atoms with E-state index in [2.05, 4.69) is 22.6 Å². The average molecular weight is 417 g/mol. The van der Waals surface area contributed by atoms with Gasteiger partial charge in [-0.15, -0.1) is 0 Å². The Labute approximate surface area is 143 Å². The van der Waals surface area contributed by atoms with Gasteiger partial charge in [-0.25, -0.2) is 4.79 Å². The molecule has 0 aromatic heterocycles. The van der Waals surface area contributed by atoms with Gasteiger partial charge in [0.25, 0.3) is 0 Å². The van der Waals surface area contributed by atoms with Gasteiger partial charge in [-0.1, -0.05) is 12.1 Å². The highest BCUT2D eigenvalue weighted by atomic mass is 127. The Balaban J connectivity index is 2.18. The second kappa shape index (κ2) is 6.44. The van der Waals surface area contributed by atoms with Crippen LogP contribution in [0.15, 0.2) is 24.3 Å². The van der Waals surface area contributed by atoms with Gasteiger partial charge in [-0.3, -0.25) is 4.79 Å². The minimum atomic E-state index is -0.880. The summed E-state index contributed by atoms with van der Waals surface area (Å²) in [6, 6.07) is 7.76. The number of benzene rings is 1. The minimum Gasteiger partial charge on any atom is -0.481 e. The van der Waals surface area contributed by atoms with Crippen LogP contribution in [0.4, 0.5) is 4.79 Å². The molecule has 22 heavy (non-hydrogen) atoms. The maximum Gasteiger partial charge on any atom is 0.410 e. The minimum absolute atomic E-state index is 0.181. The molecular weight excluding hydrogens is 397 g/mol. The SMILES string of the molecule is CC(C)(C)OC(=O)N1CC(C(=O)O)C(c2ccc(I)cc2)C1. The van der Waals surface area contributed by atoms with Crippen molar-refractivity contribution in [3.05, 3.63) is 33.4 Å². The summed E-state index contributed by atoms with van der Waals surface area (Å²) in [5.41, 5.74) is 0.357. The van der Waals surface area contributed by atoms with Crippen molar-refractivity contribution < 1.29 is 19.4 Å². The van der Waals surface area contributed by atoms with Crippen LogP contribution < -0.4 is 0 Å². The molecule has 1 N–H and O–H groups in total. The fourth-order valence-electron chi connectivity index (χ4n) is 2.58. The number of aliphatic carboxylic acids is 1. The number of rotatable bonds is 2. The van der Waals surface area contributed by atoms with E-state index in [0.717, 1.165) is 9.13 Å². The van der Waals surface area contributed by atoms with E-state index in [1.54, 1.807) is 20.8 Å². The number of ether oxygens (including phenoxy) is 1.